The predicted octanol–water partition coefficient (Wildman–Crippen LogP) is 2.02. The number of anilines is 1. The lowest BCUT2D eigenvalue weighted by Gasteiger charge is -2.14. The van der Waals surface area contributed by atoms with Crippen molar-refractivity contribution < 1.29 is 14.7 Å². The molecule has 1 aromatic rings. The van der Waals surface area contributed by atoms with Crippen LogP contribution in [0.5, 0.6) is 0 Å². The Labute approximate surface area is 132 Å². The third-order valence-electron chi connectivity index (χ3n) is 3.69. The molecule has 0 aliphatic carbocycles. The Balaban J connectivity index is 2.49. The zero-order chi connectivity index (χ0) is 16.7. The summed E-state index contributed by atoms with van der Waals surface area (Å²) >= 11 is 0. The minimum Gasteiger partial charge on any atom is -0.393 e. The van der Waals surface area contributed by atoms with Crippen molar-refractivity contribution in [2.45, 2.75) is 46.6 Å². The summed E-state index contributed by atoms with van der Waals surface area (Å²) in [6.45, 7) is 8.14. The minimum absolute atomic E-state index is 0.130. The molecular weight excluding hydrogens is 280 g/mol. The molecule has 0 saturated carbocycles. The van der Waals surface area contributed by atoms with E-state index in [4.69, 9.17) is 0 Å². The number of amides is 2. The largest absolute Gasteiger partial charge is 0.393 e. The van der Waals surface area contributed by atoms with E-state index in [0.29, 0.717) is 12.1 Å². The van der Waals surface area contributed by atoms with E-state index in [9.17, 15) is 14.7 Å². The van der Waals surface area contributed by atoms with Gasteiger partial charge >= 0.3 is 11.8 Å². The van der Waals surface area contributed by atoms with Crippen molar-refractivity contribution >= 4 is 17.5 Å². The van der Waals surface area contributed by atoms with Gasteiger partial charge in [-0.25, -0.2) is 0 Å². The molecule has 0 saturated heterocycles. The quantitative estimate of drug-likeness (QED) is 0.704. The van der Waals surface area contributed by atoms with Crippen LogP contribution in [-0.4, -0.2) is 29.6 Å². The maximum atomic E-state index is 11.8. The van der Waals surface area contributed by atoms with Crippen molar-refractivity contribution in [3.8, 4) is 0 Å². The molecule has 0 fully saturated rings. The molecule has 5 heteroatoms. The van der Waals surface area contributed by atoms with Crippen molar-refractivity contribution in [1.82, 2.24) is 5.32 Å². The lowest BCUT2D eigenvalue weighted by molar-refractivity contribution is -0.136. The third-order valence-corrected chi connectivity index (χ3v) is 3.69. The number of hydrogen-bond donors (Lipinski definition) is 3. The van der Waals surface area contributed by atoms with Crippen LogP contribution in [0.4, 0.5) is 5.69 Å². The zero-order valence-electron chi connectivity index (χ0n) is 13.8. The first-order chi connectivity index (χ1) is 10.3. The van der Waals surface area contributed by atoms with Crippen molar-refractivity contribution in [3.63, 3.8) is 0 Å². The highest BCUT2D eigenvalue weighted by Gasteiger charge is 2.15. The number of aliphatic hydroxyl groups is 1. The monoisotopic (exact) mass is 306 g/mol. The van der Waals surface area contributed by atoms with Crippen LogP contribution in [0, 0.1) is 12.8 Å². The number of carbonyl (C=O) groups is 2. The molecule has 0 heterocycles. The number of aryl methyl sites for hydroxylation is 2. The first kappa shape index (κ1) is 18.2. The average molecular weight is 306 g/mol. The van der Waals surface area contributed by atoms with Gasteiger partial charge in [0.05, 0.1) is 6.10 Å². The summed E-state index contributed by atoms with van der Waals surface area (Å²) in [6, 6.07) is 5.58. The summed E-state index contributed by atoms with van der Waals surface area (Å²) in [5, 5.41) is 14.8. The van der Waals surface area contributed by atoms with Crippen LogP contribution < -0.4 is 10.6 Å². The number of aliphatic hydroxyl groups excluding tert-OH is 1. The van der Waals surface area contributed by atoms with Gasteiger partial charge in [-0.3, -0.25) is 9.59 Å². The average Bonchev–Trinajstić information content (AvgIpc) is 2.48. The van der Waals surface area contributed by atoms with Crippen molar-refractivity contribution in [2.75, 3.05) is 11.9 Å². The SMILES string of the molecule is CCc1cc(NC(=O)C(=O)NCCC(O)C(C)C)ccc1C. The van der Waals surface area contributed by atoms with E-state index >= 15 is 0 Å². The van der Waals surface area contributed by atoms with Gasteiger partial charge in [0.25, 0.3) is 0 Å². The molecule has 122 valence electrons. The number of benzene rings is 1. The molecule has 0 bridgehead atoms. The third kappa shape index (κ3) is 5.48. The van der Waals surface area contributed by atoms with E-state index < -0.39 is 17.9 Å². The predicted molar refractivity (Wildman–Crippen MR) is 87.7 cm³/mol. The molecule has 0 spiro atoms. The summed E-state index contributed by atoms with van der Waals surface area (Å²) in [5.41, 5.74) is 2.91. The van der Waals surface area contributed by atoms with Gasteiger partial charge in [-0.05, 0) is 48.9 Å². The van der Waals surface area contributed by atoms with Gasteiger partial charge in [-0.15, -0.1) is 0 Å². The Morgan fingerprint density at radius 3 is 2.50 bits per heavy atom. The van der Waals surface area contributed by atoms with E-state index in [1.165, 1.54) is 0 Å². The zero-order valence-corrected chi connectivity index (χ0v) is 13.8. The van der Waals surface area contributed by atoms with Crippen molar-refractivity contribution in [2.24, 2.45) is 5.92 Å². The summed E-state index contributed by atoms with van der Waals surface area (Å²) in [4.78, 5) is 23.5. The second-order valence-corrected chi connectivity index (χ2v) is 5.80. The summed E-state index contributed by atoms with van der Waals surface area (Å²) in [6.07, 6.45) is 0.823. The lowest BCUT2D eigenvalue weighted by Crippen LogP contribution is -2.37. The minimum atomic E-state index is -0.690. The molecule has 1 atom stereocenters. The fraction of sp³-hybridized carbons (Fsp3) is 0.529. The maximum absolute atomic E-state index is 11.8. The molecule has 3 N–H and O–H groups in total. The van der Waals surface area contributed by atoms with Gasteiger partial charge in [-0.2, -0.15) is 0 Å². The smallest absolute Gasteiger partial charge is 0.313 e. The van der Waals surface area contributed by atoms with Gasteiger partial charge < -0.3 is 15.7 Å². The molecule has 1 unspecified atom stereocenters. The van der Waals surface area contributed by atoms with Crippen LogP contribution >= 0.6 is 0 Å². The topological polar surface area (TPSA) is 78.4 Å². The van der Waals surface area contributed by atoms with Crippen LogP contribution in [0.15, 0.2) is 18.2 Å². The van der Waals surface area contributed by atoms with E-state index in [-0.39, 0.29) is 12.5 Å². The molecule has 0 radical (unpaired) electrons. The Bertz CT molecular complexity index is 527. The molecule has 0 aliphatic heterocycles. The Morgan fingerprint density at radius 2 is 1.91 bits per heavy atom. The molecule has 5 nitrogen and oxygen atoms in total. The van der Waals surface area contributed by atoms with Crippen LogP contribution in [0.2, 0.25) is 0 Å². The highest BCUT2D eigenvalue weighted by atomic mass is 16.3. The number of hydrogen-bond acceptors (Lipinski definition) is 3. The molecule has 0 aliphatic rings. The Hall–Kier alpha value is -1.88. The van der Waals surface area contributed by atoms with E-state index in [0.717, 1.165) is 17.5 Å². The Morgan fingerprint density at radius 1 is 1.23 bits per heavy atom. The molecule has 2 amide bonds. The van der Waals surface area contributed by atoms with E-state index in [1.807, 2.05) is 39.8 Å². The normalized spacial score (nSPS) is 12.1. The highest BCUT2D eigenvalue weighted by Crippen LogP contribution is 2.15. The number of rotatable bonds is 6. The van der Waals surface area contributed by atoms with Gasteiger partial charge in [0.15, 0.2) is 0 Å². The number of carbonyl (C=O) groups excluding carboxylic acids is 2. The van der Waals surface area contributed by atoms with Gasteiger partial charge in [0, 0.05) is 12.2 Å². The molecule has 1 rings (SSSR count). The number of nitrogens with one attached hydrogen (secondary N) is 2. The van der Waals surface area contributed by atoms with Crippen molar-refractivity contribution in [3.05, 3.63) is 29.3 Å². The fourth-order valence-corrected chi connectivity index (χ4v) is 2.07. The van der Waals surface area contributed by atoms with E-state index in [2.05, 4.69) is 10.6 Å². The van der Waals surface area contributed by atoms with Crippen LogP contribution in [0.3, 0.4) is 0 Å². The summed E-state index contributed by atoms with van der Waals surface area (Å²) in [5.74, 6) is -1.25. The molecule has 0 aromatic heterocycles. The first-order valence-corrected chi connectivity index (χ1v) is 7.71. The first-order valence-electron chi connectivity index (χ1n) is 7.71. The second kappa shape index (κ2) is 8.54. The molecule has 22 heavy (non-hydrogen) atoms. The second-order valence-electron chi connectivity index (χ2n) is 5.80. The van der Waals surface area contributed by atoms with E-state index in [1.54, 1.807) is 6.07 Å². The van der Waals surface area contributed by atoms with Crippen LogP contribution in [0.1, 0.15) is 38.3 Å². The summed E-state index contributed by atoms with van der Waals surface area (Å²) in [7, 11) is 0. The molecular formula is C17H26N2O3. The maximum Gasteiger partial charge on any atom is 0.313 e. The van der Waals surface area contributed by atoms with Crippen LogP contribution in [-0.2, 0) is 16.0 Å². The van der Waals surface area contributed by atoms with Crippen molar-refractivity contribution in [1.29, 1.82) is 0 Å². The van der Waals surface area contributed by atoms with Gasteiger partial charge in [0.1, 0.15) is 0 Å². The highest BCUT2D eigenvalue weighted by molar-refractivity contribution is 6.39. The standard InChI is InChI=1S/C17H26N2O3/c1-5-13-10-14(7-6-12(13)4)19-17(22)16(21)18-9-8-15(20)11(2)3/h6-7,10-11,15,20H,5,8-9H2,1-4H3,(H,18,21)(H,19,22). The summed E-state index contributed by atoms with van der Waals surface area (Å²) < 4.78 is 0. The fourth-order valence-electron chi connectivity index (χ4n) is 2.07. The molecule has 1 aromatic carbocycles. The van der Waals surface area contributed by atoms with Gasteiger partial charge in [-0.1, -0.05) is 26.8 Å². The van der Waals surface area contributed by atoms with Crippen LogP contribution in [0.25, 0.3) is 0 Å². The van der Waals surface area contributed by atoms with Gasteiger partial charge in [0.2, 0.25) is 0 Å². The lowest BCUT2D eigenvalue weighted by atomic mass is 10.0. The Kier molecular flexibility index (Phi) is 7.05.